The maximum absolute atomic E-state index is 9.87. The molecule has 0 fully saturated rings. The summed E-state index contributed by atoms with van der Waals surface area (Å²) in [5.74, 6) is 1.68. The van der Waals surface area contributed by atoms with Gasteiger partial charge in [-0.25, -0.2) is 5.01 Å². The number of aromatic hydroxyl groups is 1. The molecule has 2 aromatic carbocycles. The Kier molecular flexibility index (Phi) is 3.90. The molecular weight excluding hydrogens is 354 g/mol. The number of pyridine rings is 1. The van der Waals surface area contributed by atoms with E-state index in [4.69, 9.17) is 14.6 Å². The van der Waals surface area contributed by atoms with Crippen LogP contribution in [0.4, 0.5) is 0 Å². The first kappa shape index (κ1) is 16.6. The van der Waals surface area contributed by atoms with Crippen molar-refractivity contribution in [3.8, 4) is 17.2 Å². The Balaban J connectivity index is 1.63. The average Bonchev–Trinajstić information content (AvgIpc) is 3.19. The van der Waals surface area contributed by atoms with Gasteiger partial charge < -0.3 is 14.6 Å². The second-order valence-corrected chi connectivity index (χ2v) is 6.83. The molecule has 3 heterocycles. The van der Waals surface area contributed by atoms with Crippen molar-refractivity contribution in [1.29, 1.82) is 0 Å². The van der Waals surface area contributed by atoms with Crippen molar-refractivity contribution in [2.24, 2.45) is 5.10 Å². The van der Waals surface area contributed by atoms with E-state index in [9.17, 15) is 5.11 Å². The lowest BCUT2D eigenvalue weighted by molar-refractivity contribution is -0.0211. The van der Waals surface area contributed by atoms with Crippen LogP contribution in [0.1, 0.15) is 35.4 Å². The number of methoxy groups -OCH3 is 1. The summed E-state index contributed by atoms with van der Waals surface area (Å²) in [7, 11) is 1.65. The number of ether oxygens (including phenoxy) is 2. The molecule has 0 spiro atoms. The number of hydrogen-bond donors (Lipinski definition) is 1. The van der Waals surface area contributed by atoms with Gasteiger partial charge in [0.1, 0.15) is 5.75 Å². The van der Waals surface area contributed by atoms with E-state index in [1.54, 1.807) is 31.6 Å². The fraction of sp³-hybridized carbons (Fsp3) is 0.182. The summed E-state index contributed by atoms with van der Waals surface area (Å²) >= 11 is 0. The molecule has 140 valence electrons. The van der Waals surface area contributed by atoms with Crippen LogP contribution in [0.2, 0.25) is 0 Å². The topological polar surface area (TPSA) is 67.2 Å². The second-order valence-electron chi connectivity index (χ2n) is 6.83. The molecule has 28 heavy (non-hydrogen) atoms. The SMILES string of the molecule is COc1cccc2c1O[C@H](c1cccnc1)N1N=C(c3cccc(O)c3)C[C@H]21. The molecule has 0 saturated carbocycles. The number of rotatable bonds is 3. The van der Waals surface area contributed by atoms with Crippen molar-refractivity contribution in [1.82, 2.24) is 9.99 Å². The Bertz CT molecular complexity index is 1050. The predicted molar refractivity (Wildman–Crippen MR) is 104 cm³/mol. The van der Waals surface area contributed by atoms with E-state index in [0.29, 0.717) is 12.2 Å². The molecule has 0 unspecified atom stereocenters. The minimum atomic E-state index is -0.405. The highest BCUT2D eigenvalue weighted by Gasteiger charge is 2.42. The maximum Gasteiger partial charge on any atom is 0.215 e. The van der Waals surface area contributed by atoms with Crippen molar-refractivity contribution >= 4 is 5.71 Å². The van der Waals surface area contributed by atoms with Gasteiger partial charge in [-0.15, -0.1) is 0 Å². The molecule has 0 aliphatic carbocycles. The summed E-state index contributed by atoms with van der Waals surface area (Å²) in [6.45, 7) is 0. The number of benzene rings is 2. The summed E-state index contributed by atoms with van der Waals surface area (Å²) in [5, 5.41) is 16.7. The first-order valence-corrected chi connectivity index (χ1v) is 9.13. The van der Waals surface area contributed by atoms with Crippen LogP contribution in [-0.4, -0.2) is 27.9 Å². The highest BCUT2D eigenvalue weighted by molar-refractivity contribution is 6.02. The van der Waals surface area contributed by atoms with E-state index >= 15 is 0 Å². The van der Waals surface area contributed by atoms with Gasteiger partial charge in [0.25, 0.3) is 0 Å². The molecule has 0 radical (unpaired) electrons. The molecular formula is C22H19N3O3. The molecule has 6 heteroatoms. The summed E-state index contributed by atoms with van der Waals surface area (Å²) in [4.78, 5) is 4.24. The first-order chi connectivity index (χ1) is 13.7. The highest BCUT2D eigenvalue weighted by atomic mass is 16.5. The van der Waals surface area contributed by atoms with E-state index in [1.807, 2.05) is 41.4 Å². The Morgan fingerprint density at radius 2 is 2.04 bits per heavy atom. The largest absolute Gasteiger partial charge is 0.508 e. The smallest absolute Gasteiger partial charge is 0.215 e. The van der Waals surface area contributed by atoms with Gasteiger partial charge in [-0.05, 0) is 24.3 Å². The third-order valence-corrected chi connectivity index (χ3v) is 5.15. The van der Waals surface area contributed by atoms with Crippen LogP contribution in [0, 0.1) is 0 Å². The van der Waals surface area contributed by atoms with Crippen LogP contribution < -0.4 is 9.47 Å². The normalized spacial score (nSPS) is 20.0. The van der Waals surface area contributed by atoms with E-state index in [1.165, 1.54) is 0 Å². The zero-order valence-corrected chi connectivity index (χ0v) is 15.3. The van der Waals surface area contributed by atoms with Gasteiger partial charge in [0.15, 0.2) is 11.5 Å². The van der Waals surface area contributed by atoms with Gasteiger partial charge in [0, 0.05) is 35.5 Å². The number of para-hydroxylation sites is 1. The van der Waals surface area contributed by atoms with Crippen LogP contribution in [0.3, 0.4) is 0 Å². The molecule has 2 atom stereocenters. The number of fused-ring (bicyclic) bond motifs is 3. The molecule has 0 saturated heterocycles. The van der Waals surface area contributed by atoms with Crippen LogP contribution in [0.5, 0.6) is 17.2 Å². The molecule has 2 aliphatic heterocycles. The van der Waals surface area contributed by atoms with Crippen molar-refractivity contribution < 1.29 is 14.6 Å². The summed E-state index contributed by atoms with van der Waals surface area (Å²) < 4.78 is 11.9. The van der Waals surface area contributed by atoms with Crippen molar-refractivity contribution in [3.63, 3.8) is 0 Å². The van der Waals surface area contributed by atoms with Gasteiger partial charge >= 0.3 is 0 Å². The summed E-state index contributed by atoms with van der Waals surface area (Å²) in [6, 6.07) is 17.0. The number of hydrogen-bond acceptors (Lipinski definition) is 6. The van der Waals surface area contributed by atoms with Gasteiger partial charge in [-0.3, -0.25) is 4.98 Å². The van der Waals surface area contributed by atoms with E-state index in [2.05, 4.69) is 11.1 Å². The standard InChI is InChI=1S/C22H19N3O3/c1-27-20-9-3-8-17-19-12-18(14-5-2-7-16(26)11-14)24-25(19)22(28-21(17)20)15-6-4-10-23-13-15/h2-11,13,19,22,26H,12H2,1H3/t19-,22-/m1/s1. The van der Waals surface area contributed by atoms with E-state index < -0.39 is 6.23 Å². The zero-order chi connectivity index (χ0) is 19.1. The van der Waals surface area contributed by atoms with Crippen molar-refractivity contribution in [3.05, 3.63) is 83.7 Å². The molecule has 0 bridgehead atoms. The van der Waals surface area contributed by atoms with Crippen LogP contribution in [0.15, 0.2) is 72.1 Å². The van der Waals surface area contributed by atoms with Crippen molar-refractivity contribution in [2.45, 2.75) is 18.7 Å². The van der Waals surface area contributed by atoms with Crippen LogP contribution in [0.25, 0.3) is 0 Å². The molecule has 0 amide bonds. The van der Waals surface area contributed by atoms with Crippen LogP contribution >= 0.6 is 0 Å². The summed E-state index contributed by atoms with van der Waals surface area (Å²) in [6.07, 6.45) is 3.84. The third-order valence-electron chi connectivity index (χ3n) is 5.15. The Morgan fingerprint density at radius 1 is 1.14 bits per heavy atom. The molecule has 3 aromatic rings. The van der Waals surface area contributed by atoms with E-state index in [0.717, 1.165) is 28.2 Å². The van der Waals surface area contributed by atoms with E-state index in [-0.39, 0.29) is 11.8 Å². The Labute approximate surface area is 162 Å². The molecule has 6 nitrogen and oxygen atoms in total. The minimum Gasteiger partial charge on any atom is -0.508 e. The second kappa shape index (κ2) is 6.56. The maximum atomic E-state index is 9.87. The monoisotopic (exact) mass is 373 g/mol. The first-order valence-electron chi connectivity index (χ1n) is 9.13. The zero-order valence-electron chi connectivity index (χ0n) is 15.3. The van der Waals surface area contributed by atoms with Gasteiger partial charge in [0.2, 0.25) is 6.23 Å². The fourth-order valence-corrected chi connectivity index (χ4v) is 3.85. The summed E-state index contributed by atoms with van der Waals surface area (Å²) in [5.41, 5.74) is 3.78. The minimum absolute atomic E-state index is 0.0152. The van der Waals surface area contributed by atoms with Gasteiger partial charge in [-0.2, -0.15) is 5.10 Å². The molecule has 1 N–H and O–H groups in total. The number of phenolic OH excluding ortho intramolecular Hbond substituents is 1. The van der Waals surface area contributed by atoms with Gasteiger partial charge in [-0.1, -0.05) is 30.3 Å². The lowest BCUT2D eigenvalue weighted by Gasteiger charge is -2.38. The molecule has 1 aromatic heterocycles. The Morgan fingerprint density at radius 3 is 2.82 bits per heavy atom. The lowest BCUT2D eigenvalue weighted by Crippen LogP contribution is -2.33. The third kappa shape index (κ3) is 2.65. The predicted octanol–water partition coefficient (Wildman–Crippen LogP) is 4.04. The van der Waals surface area contributed by atoms with Gasteiger partial charge in [0.05, 0.1) is 18.9 Å². The fourth-order valence-electron chi connectivity index (χ4n) is 3.85. The number of nitrogens with zero attached hydrogens (tertiary/aromatic N) is 3. The van der Waals surface area contributed by atoms with Crippen molar-refractivity contribution in [2.75, 3.05) is 7.11 Å². The quantitative estimate of drug-likeness (QED) is 0.751. The lowest BCUT2D eigenvalue weighted by atomic mass is 9.95. The number of hydrazone groups is 1. The highest BCUT2D eigenvalue weighted by Crippen LogP contribution is 2.50. The number of phenols is 1. The number of aromatic nitrogens is 1. The van der Waals surface area contributed by atoms with Crippen LogP contribution in [-0.2, 0) is 0 Å². The average molecular weight is 373 g/mol. The molecule has 2 aliphatic rings. The Hall–Kier alpha value is -3.54. The molecule has 5 rings (SSSR count).